The first-order valence-electron chi connectivity index (χ1n) is 11.7. The quantitative estimate of drug-likeness (QED) is 0.173. The van der Waals surface area contributed by atoms with Crippen LogP contribution in [0.3, 0.4) is 0 Å². The summed E-state index contributed by atoms with van der Waals surface area (Å²) in [5, 5.41) is 6.88. The number of hydrogen-bond acceptors (Lipinski definition) is 4. The third-order valence-electron chi connectivity index (χ3n) is 6.36. The van der Waals surface area contributed by atoms with Crippen LogP contribution in [0.25, 0.3) is 0 Å². The Kier molecular flexibility index (Phi) is 13.2. The highest BCUT2D eigenvalue weighted by Crippen LogP contribution is 2.21. The average molecular weight is 537 g/mol. The zero-order valence-electron chi connectivity index (χ0n) is 19.4. The molecule has 2 heterocycles. The van der Waals surface area contributed by atoms with E-state index in [1.54, 1.807) is 0 Å². The van der Waals surface area contributed by atoms with Gasteiger partial charge in [-0.1, -0.05) is 6.42 Å². The molecule has 0 radical (unpaired) electrons. The molecular weight excluding hydrogens is 491 g/mol. The van der Waals surface area contributed by atoms with Gasteiger partial charge in [0.05, 0.1) is 6.54 Å². The minimum atomic E-state index is -0.132. The van der Waals surface area contributed by atoms with Crippen molar-refractivity contribution >= 4 is 35.8 Å². The van der Waals surface area contributed by atoms with Gasteiger partial charge in [0.25, 0.3) is 0 Å². The van der Waals surface area contributed by atoms with Crippen LogP contribution in [0.15, 0.2) is 4.99 Å². The number of unbranched alkanes of at least 4 members (excludes halogenated alkanes) is 1. The lowest BCUT2D eigenvalue weighted by atomic mass is 9.96. The van der Waals surface area contributed by atoms with E-state index in [1.165, 1.54) is 32.4 Å². The first-order chi connectivity index (χ1) is 13.9. The lowest BCUT2D eigenvalue weighted by molar-refractivity contribution is -0.123. The first kappa shape index (κ1) is 27.4. The molecule has 0 aromatic heterocycles. The Morgan fingerprint density at radius 1 is 1.07 bits per heavy atom. The zero-order valence-corrected chi connectivity index (χ0v) is 21.7. The van der Waals surface area contributed by atoms with Gasteiger partial charge in [0.1, 0.15) is 0 Å². The van der Waals surface area contributed by atoms with E-state index in [0.717, 1.165) is 70.9 Å². The van der Waals surface area contributed by atoms with E-state index in [9.17, 15) is 4.79 Å². The maximum Gasteiger partial charge on any atom is 0.220 e. The molecule has 2 aliphatic rings. The van der Waals surface area contributed by atoms with E-state index in [1.807, 2.05) is 0 Å². The number of aliphatic imine (C=N–C) groups is 1. The maximum atomic E-state index is 11.3. The van der Waals surface area contributed by atoms with Gasteiger partial charge in [-0.15, -0.1) is 24.0 Å². The number of rotatable bonds is 10. The van der Waals surface area contributed by atoms with Gasteiger partial charge in [-0.05, 0) is 92.0 Å². The number of piperidine rings is 2. The smallest absolute Gasteiger partial charge is 0.220 e. The number of amides is 1. The van der Waals surface area contributed by atoms with Gasteiger partial charge in [0, 0.05) is 24.5 Å². The van der Waals surface area contributed by atoms with Crippen molar-refractivity contribution in [3.63, 3.8) is 0 Å². The Hall–Kier alpha value is -0.610. The summed E-state index contributed by atoms with van der Waals surface area (Å²) in [6, 6.07) is 0. The molecule has 2 rings (SSSR count). The van der Waals surface area contributed by atoms with Gasteiger partial charge in [-0.25, -0.2) is 0 Å². The predicted octanol–water partition coefficient (Wildman–Crippen LogP) is 2.40. The number of likely N-dealkylation sites (tertiary alicyclic amines) is 2. The van der Waals surface area contributed by atoms with Gasteiger partial charge in [0.2, 0.25) is 5.91 Å². The van der Waals surface area contributed by atoms with E-state index in [2.05, 4.69) is 41.2 Å². The molecule has 2 fully saturated rings. The first-order valence-corrected chi connectivity index (χ1v) is 11.7. The van der Waals surface area contributed by atoms with Crippen LogP contribution >= 0.6 is 24.0 Å². The van der Waals surface area contributed by atoms with Crippen LogP contribution in [-0.4, -0.2) is 79.6 Å². The molecule has 0 saturated carbocycles. The number of nitrogens with one attached hydrogen (secondary N) is 2. The molecule has 8 heteroatoms. The number of hydrogen-bond donors (Lipinski definition) is 3. The van der Waals surface area contributed by atoms with Gasteiger partial charge in [-0.2, -0.15) is 0 Å². The SMILES string of the molecule is CCNC(=NCC(C)(C)N1CCCCC1)NCCCCN1CCC(C(N)=O)CC1.I. The Bertz CT molecular complexity index is 514. The third kappa shape index (κ3) is 9.68. The van der Waals surface area contributed by atoms with Crippen LogP contribution in [0, 0.1) is 5.92 Å². The number of carbonyl (C=O) groups excluding carboxylic acids is 1. The molecule has 4 N–H and O–H groups in total. The molecule has 2 aliphatic heterocycles. The lowest BCUT2D eigenvalue weighted by Gasteiger charge is -2.40. The van der Waals surface area contributed by atoms with Crippen LogP contribution in [0.1, 0.15) is 65.7 Å². The molecule has 0 spiro atoms. The molecule has 0 bridgehead atoms. The van der Waals surface area contributed by atoms with Crippen molar-refractivity contribution in [3.05, 3.63) is 0 Å². The molecule has 0 unspecified atom stereocenters. The summed E-state index contributed by atoms with van der Waals surface area (Å²) in [7, 11) is 0. The molecule has 7 nitrogen and oxygen atoms in total. The van der Waals surface area contributed by atoms with Crippen LogP contribution < -0.4 is 16.4 Å². The van der Waals surface area contributed by atoms with E-state index in [4.69, 9.17) is 10.7 Å². The minimum Gasteiger partial charge on any atom is -0.369 e. The van der Waals surface area contributed by atoms with Crippen molar-refractivity contribution in [1.82, 2.24) is 20.4 Å². The number of carbonyl (C=O) groups is 1. The van der Waals surface area contributed by atoms with E-state index in [0.29, 0.717) is 0 Å². The van der Waals surface area contributed by atoms with Crippen LogP contribution in [-0.2, 0) is 4.79 Å². The summed E-state index contributed by atoms with van der Waals surface area (Å²) in [6.07, 6.45) is 8.10. The summed E-state index contributed by atoms with van der Waals surface area (Å²) >= 11 is 0. The molecule has 0 aromatic carbocycles. The van der Waals surface area contributed by atoms with Crippen molar-refractivity contribution in [3.8, 4) is 0 Å². The number of primary amides is 1. The number of guanidine groups is 1. The standard InChI is InChI=1S/C22H44N6O.HI/c1-4-24-21(26-18-22(2,3)28-14-7-5-8-15-28)25-12-6-9-13-27-16-10-19(11-17-27)20(23)29;/h19H,4-18H2,1-3H3,(H2,23,29)(H2,24,25,26);1H. The normalized spacial score (nSPS) is 19.9. The molecule has 176 valence electrons. The fraction of sp³-hybridized carbons (Fsp3) is 0.909. The largest absolute Gasteiger partial charge is 0.369 e. The van der Waals surface area contributed by atoms with Crippen molar-refractivity contribution in [2.75, 3.05) is 52.4 Å². The molecule has 0 aromatic rings. The van der Waals surface area contributed by atoms with Crippen LogP contribution in [0.2, 0.25) is 0 Å². The zero-order chi connectivity index (χ0) is 21.1. The highest BCUT2D eigenvalue weighted by molar-refractivity contribution is 14.0. The Labute approximate surface area is 201 Å². The molecule has 30 heavy (non-hydrogen) atoms. The minimum absolute atomic E-state index is 0. The van der Waals surface area contributed by atoms with Crippen molar-refractivity contribution < 1.29 is 4.79 Å². The summed E-state index contributed by atoms with van der Waals surface area (Å²) in [6.45, 7) is 14.9. The monoisotopic (exact) mass is 536 g/mol. The Morgan fingerprint density at radius 3 is 2.33 bits per heavy atom. The fourth-order valence-electron chi connectivity index (χ4n) is 4.32. The van der Waals surface area contributed by atoms with Gasteiger partial charge >= 0.3 is 0 Å². The molecule has 0 atom stereocenters. The second-order valence-electron chi connectivity index (χ2n) is 9.21. The van der Waals surface area contributed by atoms with Gasteiger partial charge in [0.15, 0.2) is 5.96 Å². The second-order valence-corrected chi connectivity index (χ2v) is 9.21. The number of halogens is 1. The number of nitrogens with two attached hydrogens (primary N) is 1. The summed E-state index contributed by atoms with van der Waals surface area (Å²) in [4.78, 5) is 21.2. The molecular formula is C22H45IN6O. The predicted molar refractivity (Wildman–Crippen MR) is 136 cm³/mol. The third-order valence-corrected chi connectivity index (χ3v) is 6.36. The lowest BCUT2D eigenvalue weighted by Crippen LogP contribution is -2.49. The maximum absolute atomic E-state index is 11.3. The highest BCUT2D eigenvalue weighted by Gasteiger charge is 2.27. The average Bonchev–Trinajstić information content (AvgIpc) is 2.72. The van der Waals surface area contributed by atoms with Gasteiger partial charge < -0.3 is 21.3 Å². The highest BCUT2D eigenvalue weighted by atomic mass is 127. The van der Waals surface area contributed by atoms with Gasteiger partial charge in [-0.3, -0.25) is 14.7 Å². The molecule has 0 aliphatic carbocycles. The van der Waals surface area contributed by atoms with E-state index >= 15 is 0 Å². The summed E-state index contributed by atoms with van der Waals surface area (Å²) in [5.74, 6) is 0.883. The van der Waals surface area contributed by atoms with Crippen molar-refractivity contribution in [2.24, 2.45) is 16.6 Å². The number of nitrogens with zero attached hydrogens (tertiary/aromatic N) is 3. The summed E-state index contributed by atoms with van der Waals surface area (Å²) < 4.78 is 0. The Balaban J connectivity index is 0.00000450. The van der Waals surface area contributed by atoms with Crippen molar-refractivity contribution in [2.45, 2.75) is 71.3 Å². The fourth-order valence-corrected chi connectivity index (χ4v) is 4.32. The molecule has 2 saturated heterocycles. The van der Waals surface area contributed by atoms with Crippen LogP contribution in [0.4, 0.5) is 0 Å². The molecule has 1 amide bonds. The van der Waals surface area contributed by atoms with Crippen molar-refractivity contribution in [1.29, 1.82) is 0 Å². The Morgan fingerprint density at radius 2 is 1.73 bits per heavy atom. The van der Waals surface area contributed by atoms with E-state index < -0.39 is 0 Å². The summed E-state index contributed by atoms with van der Waals surface area (Å²) in [5.41, 5.74) is 5.52. The van der Waals surface area contributed by atoms with E-state index in [-0.39, 0.29) is 41.3 Å². The topological polar surface area (TPSA) is 86.0 Å². The second kappa shape index (κ2) is 14.5. The van der Waals surface area contributed by atoms with Crippen LogP contribution in [0.5, 0.6) is 0 Å².